The van der Waals surface area contributed by atoms with E-state index in [2.05, 4.69) is 55.7 Å². The predicted octanol–water partition coefficient (Wildman–Crippen LogP) is 5.62. The molecule has 4 rings (SSSR count). The lowest BCUT2D eigenvalue weighted by atomic mass is 10.2. The van der Waals surface area contributed by atoms with Crippen LogP contribution in [0.5, 0.6) is 11.5 Å². The molecule has 0 saturated carbocycles. The first-order valence-electron chi connectivity index (χ1n) is 12.1. The molecule has 1 aliphatic rings. The van der Waals surface area contributed by atoms with Crippen LogP contribution in [-0.2, 0) is 16.1 Å². The van der Waals surface area contributed by atoms with Gasteiger partial charge in [-0.3, -0.25) is 4.79 Å². The monoisotopic (exact) mass is 553 g/mol. The summed E-state index contributed by atoms with van der Waals surface area (Å²) < 4.78 is 17.8. The molecule has 1 amide bonds. The lowest BCUT2D eigenvalue weighted by molar-refractivity contribution is -0.118. The first-order chi connectivity index (χ1) is 17.5. The van der Waals surface area contributed by atoms with Crippen molar-refractivity contribution < 1.29 is 19.0 Å². The molecule has 0 atom stereocenters. The lowest BCUT2D eigenvalue weighted by Gasteiger charge is -2.29. The number of nitrogens with one attached hydrogen (secondary N) is 2. The number of hydrogen-bond acceptors (Lipinski definition) is 6. The zero-order chi connectivity index (χ0) is 25.3. The zero-order valence-electron chi connectivity index (χ0n) is 20.7. The highest BCUT2D eigenvalue weighted by molar-refractivity contribution is 9.10. The highest BCUT2D eigenvalue weighted by Crippen LogP contribution is 2.37. The maximum atomic E-state index is 12.4. The highest BCUT2D eigenvalue weighted by atomic mass is 79.9. The summed E-state index contributed by atoms with van der Waals surface area (Å²) in [5, 5.41) is 6.31. The van der Waals surface area contributed by atoms with Crippen LogP contribution in [-0.4, -0.2) is 45.4 Å². The molecule has 8 heteroatoms. The van der Waals surface area contributed by atoms with E-state index in [1.807, 2.05) is 50.2 Å². The van der Waals surface area contributed by atoms with Crippen molar-refractivity contribution in [2.24, 2.45) is 0 Å². The maximum absolute atomic E-state index is 12.4. The molecule has 0 spiro atoms. The number of aryl methyl sites for hydroxylation is 1. The Labute approximate surface area is 220 Å². The average molecular weight is 554 g/mol. The smallest absolute Gasteiger partial charge is 0.262 e. The summed E-state index contributed by atoms with van der Waals surface area (Å²) in [5.74, 6) is 0.864. The molecule has 0 radical (unpaired) electrons. The van der Waals surface area contributed by atoms with Crippen LogP contribution in [0.2, 0.25) is 0 Å². The van der Waals surface area contributed by atoms with Crippen molar-refractivity contribution in [2.45, 2.75) is 20.4 Å². The molecule has 1 fully saturated rings. The highest BCUT2D eigenvalue weighted by Gasteiger charge is 2.15. The van der Waals surface area contributed by atoms with Crippen molar-refractivity contribution in [1.82, 2.24) is 0 Å². The molecule has 1 saturated heterocycles. The van der Waals surface area contributed by atoms with Gasteiger partial charge in [0.2, 0.25) is 0 Å². The van der Waals surface area contributed by atoms with Crippen LogP contribution < -0.4 is 25.0 Å². The van der Waals surface area contributed by atoms with Crippen molar-refractivity contribution in [2.75, 3.05) is 55.1 Å². The summed E-state index contributed by atoms with van der Waals surface area (Å²) in [4.78, 5) is 14.7. The number of carbonyl (C=O) groups excluding carboxylic acids is 1. The molecule has 3 aromatic carbocycles. The number of morpholine rings is 1. The second-order valence-electron chi connectivity index (χ2n) is 8.54. The first kappa shape index (κ1) is 25.9. The van der Waals surface area contributed by atoms with Gasteiger partial charge in [0.15, 0.2) is 18.1 Å². The number of halogens is 1. The molecule has 190 valence electrons. The van der Waals surface area contributed by atoms with Gasteiger partial charge in [-0.25, -0.2) is 0 Å². The van der Waals surface area contributed by atoms with E-state index in [9.17, 15) is 4.79 Å². The number of nitrogens with zero attached hydrogens (tertiary/aromatic N) is 1. The lowest BCUT2D eigenvalue weighted by Crippen LogP contribution is -2.36. The van der Waals surface area contributed by atoms with E-state index >= 15 is 0 Å². The first-order valence-corrected chi connectivity index (χ1v) is 12.9. The summed E-state index contributed by atoms with van der Waals surface area (Å²) >= 11 is 3.59. The molecule has 36 heavy (non-hydrogen) atoms. The number of ether oxygens (including phenoxy) is 3. The van der Waals surface area contributed by atoms with Crippen LogP contribution in [0.25, 0.3) is 0 Å². The van der Waals surface area contributed by atoms with Gasteiger partial charge in [0.05, 0.1) is 24.3 Å². The largest absolute Gasteiger partial charge is 0.490 e. The quantitative estimate of drug-likeness (QED) is 0.339. The van der Waals surface area contributed by atoms with E-state index in [0.717, 1.165) is 53.3 Å². The van der Waals surface area contributed by atoms with Gasteiger partial charge in [-0.1, -0.05) is 17.7 Å². The van der Waals surface area contributed by atoms with E-state index in [1.54, 1.807) is 0 Å². The molecular weight excluding hydrogens is 522 g/mol. The van der Waals surface area contributed by atoms with E-state index in [0.29, 0.717) is 24.7 Å². The van der Waals surface area contributed by atoms with Crippen molar-refractivity contribution in [3.8, 4) is 11.5 Å². The molecule has 0 unspecified atom stereocenters. The van der Waals surface area contributed by atoms with Crippen LogP contribution in [0.3, 0.4) is 0 Å². The van der Waals surface area contributed by atoms with Crippen LogP contribution in [0.4, 0.5) is 17.1 Å². The van der Waals surface area contributed by atoms with Gasteiger partial charge in [-0.2, -0.15) is 0 Å². The molecule has 0 bridgehead atoms. The Balaban J connectivity index is 1.36. The standard InChI is InChI=1S/C28H32BrN3O4/c1-3-35-26-17-21(18-30-22-8-10-24(11-9-22)32-12-14-34-15-13-32)16-25(29)28(26)36-19-27(33)31-23-6-4-20(2)5-7-23/h4-11,16-17,30H,3,12-15,18-19H2,1-2H3,(H,31,33). The van der Waals surface area contributed by atoms with E-state index in [4.69, 9.17) is 14.2 Å². The fraction of sp³-hybridized carbons (Fsp3) is 0.321. The minimum Gasteiger partial charge on any atom is -0.490 e. The predicted molar refractivity (Wildman–Crippen MR) is 147 cm³/mol. The Kier molecular flexibility index (Phi) is 9.08. The van der Waals surface area contributed by atoms with Crippen molar-refractivity contribution >= 4 is 38.9 Å². The number of amides is 1. The maximum Gasteiger partial charge on any atom is 0.262 e. The van der Waals surface area contributed by atoms with Gasteiger partial charge >= 0.3 is 0 Å². The van der Waals surface area contributed by atoms with Crippen molar-refractivity contribution in [1.29, 1.82) is 0 Å². The fourth-order valence-electron chi connectivity index (χ4n) is 3.91. The molecule has 0 aliphatic carbocycles. The topological polar surface area (TPSA) is 72.1 Å². The molecular formula is C28H32BrN3O4. The summed E-state index contributed by atoms with van der Waals surface area (Å²) in [5.41, 5.74) is 5.14. The molecule has 1 heterocycles. The Bertz CT molecular complexity index is 1150. The van der Waals surface area contributed by atoms with E-state index in [-0.39, 0.29) is 12.5 Å². The Morgan fingerprint density at radius 1 is 1.00 bits per heavy atom. The van der Waals surface area contributed by atoms with E-state index < -0.39 is 0 Å². The van der Waals surface area contributed by atoms with Gasteiger partial charge in [-0.15, -0.1) is 0 Å². The van der Waals surface area contributed by atoms with Gasteiger partial charge in [-0.05, 0) is 83.9 Å². The molecule has 1 aliphatic heterocycles. The number of anilines is 3. The third-order valence-corrected chi connectivity index (χ3v) is 6.38. The zero-order valence-corrected chi connectivity index (χ0v) is 22.3. The summed E-state index contributed by atoms with van der Waals surface area (Å²) in [6.07, 6.45) is 0. The average Bonchev–Trinajstić information content (AvgIpc) is 2.89. The Morgan fingerprint density at radius 2 is 1.69 bits per heavy atom. The van der Waals surface area contributed by atoms with Crippen LogP contribution in [0, 0.1) is 6.92 Å². The second kappa shape index (κ2) is 12.6. The van der Waals surface area contributed by atoms with Crippen molar-refractivity contribution in [3.05, 3.63) is 76.3 Å². The fourth-order valence-corrected chi connectivity index (χ4v) is 4.52. The van der Waals surface area contributed by atoms with Gasteiger partial charge in [0.1, 0.15) is 0 Å². The second-order valence-corrected chi connectivity index (χ2v) is 9.39. The van der Waals surface area contributed by atoms with E-state index in [1.165, 1.54) is 5.69 Å². The summed E-state index contributed by atoms with van der Waals surface area (Å²) in [6, 6.07) is 20.0. The summed E-state index contributed by atoms with van der Waals surface area (Å²) in [7, 11) is 0. The third-order valence-electron chi connectivity index (χ3n) is 5.79. The molecule has 7 nitrogen and oxygen atoms in total. The number of benzene rings is 3. The number of rotatable bonds is 10. The van der Waals surface area contributed by atoms with Crippen LogP contribution in [0.15, 0.2) is 65.1 Å². The Morgan fingerprint density at radius 3 is 2.39 bits per heavy atom. The molecule has 3 aromatic rings. The SMILES string of the molecule is CCOc1cc(CNc2ccc(N3CCOCC3)cc2)cc(Br)c1OCC(=O)Nc1ccc(C)cc1. The minimum atomic E-state index is -0.237. The van der Waals surface area contributed by atoms with Crippen molar-refractivity contribution in [3.63, 3.8) is 0 Å². The van der Waals surface area contributed by atoms with Gasteiger partial charge in [0, 0.05) is 36.7 Å². The van der Waals surface area contributed by atoms with Crippen LogP contribution >= 0.6 is 15.9 Å². The molecule has 2 N–H and O–H groups in total. The summed E-state index contributed by atoms with van der Waals surface area (Å²) in [6.45, 7) is 8.28. The van der Waals surface area contributed by atoms with Crippen LogP contribution in [0.1, 0.15) is 18.1 Å². The number of hydrogen-bond donors (Lipinski definition) is 2. The Hall–Kier alpha value is -3.23. The normalized spacial score (nSPS) is 13.2. The minimum absolute atomic E-state index is 0.125. The van der Waals surface area contributed by atoms with Gasteiger partial charge < -0.3 is 29.7 Å². The molecule has 0 aromatic heterocycles. The van der Waals surface area contributed by atoms with Gasteiger partial charge in [0.25, 0.3) is 5.91 Å². The number of carbonyl (C=O) groups is 1. The third kappa shape index (κ3) is 7.15.